The third kappa shape index (κ3) is 3.78. The zero-order chi connectivity index (χ0) is 8.69. The molecule has 0 saturated carbocycles. The fourth-order valence-corrected chi connectivity index (χ4v) is 0.634. The number of methoxy groups -OCH3 is 1. The minimum absolute atomic E-state index is 0.525. The molecule has 0 N–H and O–H groups in total. The highest BCUT2D eigenvalue weighted by Gasteiger charge is 1.96. The lowest BCUT2D eigenvalue weighted by Gasteiger charge is -1.86. The number of ether oxygens (including phenoxy) is 1. The standard InChI is InChI=1S/C6H9NO2.C2H6/c1-5-3-6(4-8-2)7-9-5;1-2/h3H,4H2,1-2H3;1-2H3. The van der Waals surface area contributed by atoms with Crippen LogP contribution >= 0.6 is 0 Å². The first kappa shape index (κ1) is 10.2. The molecular weight excluding hydrogens is 142 g/mol. The van der Waals surface area contributed by atoms with Crippen molar-refractivity contribution >= 4 is 0 Å². The van der Waals surface area contributed by atoms with E-state index >= 15 is 0 Å². The van der Waals surface area contributed by atoms with Crippen molar-refractivity contribution in [2.45, 2.75) is 27.4 Å². The van der Waals surface area contributed by atoms with Crippen LogP contribution in [0.3, 0.4) is 0 Å². The van der Waals surface area contributed by atoms with Gasteiger partial charge in [-0.15, -0.1) is 0 Å². The zero-order valence-electron chi connectivity index (χ0n) is 7.55. The number of aromatic nitrogens is 1. The molecule has 0 radical (unpaired) electrons. The Kier molecular flexibility index (Phi) is 5.47. The van der Waals surface area contributed by atoms with E-state index in [0.29, 0.717) is 6.61 Å². The van der Waals surface area contributed by atoms with Crippen molar-refractivity contribution in [1.82, 2.24) is 5.16 Å². The van der Waals surface area contributed by atoms with Gasteiger partial charge in [-0.3, -0.25) is 0 Å². The van der Waals surface area contributed by atoms with Crippen molar-refractivity contribution in [2.24, 2.45) is 0 Å². The Bertz CT molecular complexity index is 184. The van der Waals surface area contributed by atoms with Crippen molar-refractivity contribution in [3.8, 4) is 0 Å². The fourth-order valence-electron chi connectivity index (χ4n) is 0.634. The molecule has 11 heavy (non-hydrogen) atoms. The molecule has 0 aliphatic rings. The Morgan fingerprint density at radius 2 is 2.18 bits per heavy atom. The maximum atomic E-state index is 4.82. The lowest BCUT2D eigenvalue weighted by atomic mass is 10.4. The molecule has 1 aromatic heterocycles. The molecule has 1 heterocycles. The molecule has 0 atom stereocenters. The average Bonchev–Trinajstić information content (AvgIpc) is 2.41. The van der Waals surface area contributed by atoms with Crippen LogP contribution in [0.15, 0.2) is 10.6 Å². The van der Waals surface area contributed by atoms with Crippen molar-refractivity contribution in [3.63, 3.8) is 0 Å². The Hall–Kier alpha value is -0.830. The van der Waals surface area contributed by atoms with Gasteiger partial charge >= 0.3 is 0 Å². The lowest BCUT2D eigenvalue weighted by molar-refractivity contribution is 0.177. The summed E-state index contributed by atoms with van der Waals surface area (Å²) in [5, 5.41) is 3.71. The summed E-state index contributed by atoms with van der Waals surface area (Å²) in [5.74, 6) is 0.821. The van der Waals surface area contributed by atoms with Crippen LogP contribution in [0.25, 0.3) is 0 Å². The highest BCUT2D eigenvalue weighted by molar-refractivity contribution is 5.01. The third-order valence-electron chi connectivity index (χ3n) is 0.969. The van der Waals surface area contributed by atoms with Gasteiger partial charge in [0.1, 0.15) is 11.5 Å². The van der Waals surface area contributed by atoms with Gasteiger partial charge in [0.2, 0.25) is 0 Å². The van der Waals surface area contributed by atoms with E-state index in [4.69, 9.17) is 9.26 Å². The Labute approximate surface area is 67.3 Å². The smallest absolute Gasteiger partial charge is 0.134 e. The van der Waals surface area contributed by atoms with E-state index in [0.717, 1.165) is 11.5 Å². The number of hydrogen-bond acceptors (Lipinski definition) is 3. The molecule has 0 aliphatic heterocycles. The quantitative estimate of drug-likeness (QED) is 0.659. The van der Waals surface area contributed by atoms with Crippen LogP contribution in [0.4, 0.5) is 0 Å². The van der Waals surface area contributed by atoms with Crippen molar-refractivity contribution in [2.75, 3.05) is 7.11 Å². The largest absolute Gasteiger partial charge is 0.378 e. The minimum atomic E-state index is 0.525. The van der Waals surface area contributed by atoms with E-state index in [-0.39, 0.29) is 0 Å². The van der Waals surface area contributed by atoms with Gasteiger partial charge < -0.3 is 9.26 Å². The molecular formula is C8H15NO2. The first-order chi connectivity index (χ1) is 5.33. The first-order valence-electron chi connectivity index (χ1n) is 3.74. The average molecular weight is 157 g/mol. The van der Waals surface area contributed by atoms with Crippen molar-refractivity contribution in [3.05, 3.63) is 17.5 Å². The predicted molar refractivity (Wildman–Crippen MR) is 43.3 cm³/mol. The van der Waals surface area contributed by atoms with Crippen LogP contribution in [0.5, 0.6) is 0 Å². The second-order valence-corrected chi connectivity index (χ2v) is 1.86. The first-order valence-corrected chi connectivity index (χ1v) is 3.74. The van der Waals surface area contributed by atoms with Crippen LogP contribution in [0.1, 0.15) is 25.3 Å². The number of aryl methyl sites for hydroxylation is 1. The fraction of sp³-hybridized carbons (Fsp3) is 0.625. The molecule has 0 aromatic carbocycles. The summed E-state index contributed by atoms with van der Waals surface area (Å²) >= 11 is 0. The van der Waals surface area contributed by atoms with Gasteiger partial charge in [0, 0.05) is 13.2 Å². The molecule has 64 valence electrons. The summed E-state index contributed by atoms with van der Waals surface area (Å²) in [6, 6.07) is 1.85. The number of nitrogens with zero attached hydrogens (tertiary/aromatic N) is 1. The van der Waals surface area contributed by atoms with Gasteiger partial charge in [0.05, 0.1) is 6.61 Å². The summed E-state index contributed by atoms with van der Waals surface area (Å²) in [5.41, 5.74) is 0.843. The normalized spacial score (nSPS) is 8.73. The zero-order valence-corrected chi connectivity index (χ0v) is 7.55. The molecule has 0 amide bonds. The second kappa shape index (κ2) is 5.92. The molecule has 1 rings (SSSR count). The van der Waals surface area contributed by atoms with Gasteiger partial charge in [0.25, 0.3) is 0 Å². The summed E-state index contributed by atoms with van der Waals surface area (Å²) < 4.78 is 9.61. The molecule has 0 fully saturated rings. The summed E-state index contributed by atoms with van der Waals surface area (Å²) in [4.78, 5) is 0. The highest BCUT2D eigenvalue weighted by atomic mass is 16.5. The van der Waals surface area contributed by atoms with Gasteiger partial charge in [0.15, 0.2) is 0 Å². The Morgan fingerprint density at radius 1 is 1.55 bits per heavy atom. The molecule has 0 unspecified atom stereocenters. The van der Waals surface area contributed by atoms with Crippen LogP contribution in [0, 0.1) is 6.92 Å². The van der Waals surface area contributed by atoms with E-state index in [9.17, 15) is 0 Å². The van der Waals surface area contributed by atoms with Crippen LogP contribution in [-0.4, -0.2) is 12.3 Å². The van der Waals surface area contributed by atoms with Gasteiger partial charge in [-0.1, -0.05) is 19.0 Å². The molecule has 0 aliphatic carbocycles. The van der Waals surface area contributed by atoms with E-state index in [1.54, 1.807) is 7.11 Å². The second-order valence-electron chi connectivity index (χ2n) is 1.86. The Morgan fingerprint density at radius 3 is 2.55 bits per heavy atom. The summed E-state index contributed by atoms with van der Waals surface area (Å²) in [7, 11) is 1.63. The van der Waals surface area contributed by atoms with Crippen LogP contribution in [-0.2, 0) is 11.3 Å². The maximum absolute atomic E-state index is 4.82. The molecule has 3 nitrogen and oxygen atoms in total. The van der Waals surface area contributed by atoms with Crippen molar-refractivity contribution in [1.29, 1.82) is 0 Å². The van der Waals surface area contributed by atoms with E-state index in [1.807, 2.05) is 26.8 Å². The predicted octanol–water partition coefficient (Wildman–Crippen LogP) is 2.16. The summed E-state index contributed by atoms with van der Waals surface area (Å²) in [6.45, 7) is 6.38. The molecule has 3 heteroatoms. The number of rotatable bonds is 2. The Balaban J connectivity index is 0.000000461. The topological polar surface area (TPSA) is 35.3 Å². The molecule has 1 aromatic rings. The monoisotopic (exact) mass is 157 g/mol. The maximum Gasteiger partial charge on any atom is 0.134 e. The molecule has 0 saturated heterocycles. The number of hydrogen-bond donors (Lipinski definition) is 0. The third-order valence-corrected chi connectivity index (χ3v) is 0.969. The van der Waals surface area contributed by atoms with Gasteiger partial charge in [-0.05, 0) is 6.92 Å². The minimum Gasteiger partial charge on any atom is -0.378 e. The molecule has 0 spiro atoms. The van der Waals surface area contributed by atoms with Crippen molar-refractivity contribution < 1.29 is 9.26 Å². The lowest BCUT2D eigenvalue weighted by Crippen LogP contribution is -1.84. The molecule has 0 bridgehead atoms. The van der Waals surface area contributed by atoms with Crippen LogP contribution in [0.2, 0.25) is 0 Å². The SMILES string of the molecule is CC.COCc1cc(C)on1. The highest BCUT2D eigenvalue weighted by Crippen LogP contribution is 2.01. The summed E-state index contributed by atoms with van der Waals surface area (Å²) in [6.07, 6.45) is 0. The van der Waals surface area contributed by atoms with Crippen LogP contribution < -0.4 is 0 Å². The van der Waals surface area contributed by atoms with E-state index < -0.39 is 0 Å². The van der Waals surface area contributed by atoms with E-state index in [2.05, 4.69) is 5.16 Å². The van der Waals surface area contributed by atoms with Gasteiger partial charge in [-0.25, -0.2) is 0 Å². The van der Waals surface area contributed by atoms with E-state index in [1.165, 1.54) is 0 Å². The van der Waals surface area contributed by atoms with Gasteiger partial charge in [-0.2, -0.15) is 0 Å².